The molecule has 0 spiro atoms. The predicted molar refractivity (Wildman–Crippen MR) is 126 cm³/mol. The minimum atomic E-state index is -0.340. The molecule has 0 unspecified atom stereocenters. The summed E-state index contributed by atoms with van der Waals surface area (Å²) in [5.74, 6) is 0. The zero-order chi connectivity index (χ0) is 21.3. The van der Waals surface area contributed by atoms with Gasteiger partial charge in [0.2, 0.25) is 0 Å². The van der Waals surface area contributed by atoms with Crippen LogP contribution in [0, 0.1) is 0 Å². The van der Waals surface area contributed by atoms with Gasteiger partial charge in [-0.1, -0.05) is 129 Å². The lowest BCUT2D eigenvalue weighted by Gasteiger charge is -2.06. The van der Waals surface area contributed by atoms with Gasteiger partial charge in [-0.2, -0.15) is 0 Å². The molecule has 0 aliphatic rings. The number of alkyl carbamates (subject to hydrolysis) is 1. The number of ether oxygens (including phenoxy) is 1. The van der Waals surface area contributed by atoms with Crippen LogP contribution in [0.3, 0.4) is 0 Å². The molecule has 0 radical (unpaired) electrons. The van der Waals surface area contributed by atoms with Crippen molar-refractivity contribution in [1.82, 2.24) is 5.32 Å². The molecule has 0 fully saturated rings. The van der Waals surface area contributed by atoms with Gasteiger partial charge >= 0.3 is 6.09 Å². The molecule has 1 amide bonds. The van der Waals surface area contributed by atoms with E-state index in [0.717, 1.165) is 12.8 Å². The molecule has 0 heterocycles. The molecule has 174 valence electrons. The molecule has 29 heavy (non-hydrogen) atoms. The van der Waals surface area contributed by atoms with Crippen molar-refractivity contribution < 1.29 is 9.53 Å². The van der Waals surface area contributed by atoms with Gasteiger partial charge in [-0.15, -0.1) is 0 Å². The topological polar surface area (TPSA) is 64.3 Å². The summed E-state index contributed by atoms with van der Waals surface area (Å²) < 4.78 is 5.08. The van der Waals surface area contributed by atoms with Crippen LogP contribution in [0.1, 0.15) is 135 Å². The Labute approximate surface area is 182 Å². The van der Waals surface area contributed by atoms with Crippen LogP contribution in [-0.2, 0) is 4.74 Å². The lowest BCUT2D eigenvalue weighted by Crippen LogP contribution is -2.29. The number of hydrogen-bond donors (Lipinski definition) is 2. The SMILES string of the molecule is CCCCCCCCCCCCCCCCCCCCCCOC(=O)NCCN. The highest BCUT2D eigenvalue weighted by Crippen LogP contribution is 2.14. The van der Waals surface area contributed by atoms with Crippen LogP contribution in [0.25, 0.3) is 0 Å². The average molecular weight is 413 g/mol. The number of unbranched alkanes of at least 4 members (excludes halogenated alkanes) is 19. The van der Waals surface area contributed by atoms with Gasteiger partial charge in [0.25, 0.3) is 0 Å². The summed E-state index contributed by atoms with van der Waals surface area (Å²) in [5, 5.41) is 2.61. The fourth-order valence-corrected chi connectivity index (χ4v) is 3.75. The number of carbonyl (C=O) groups excluding carboxylic acids is 1. The monoisotopic (exact) mass is 412 g/mol. The van der Waals surface area contributed by atoms with Crippen molar-refractivity contribution in [2.24, 2.45) is 5.73 Å². The number of amides is 1. The summed E-state index contributed by atoms with van der Waals surface area (Å²) in [7, 11) is 0. The van der Waals surface area contributed by atoms with E-state index in [1.54, 1.807) is 0 Å². The maximum Gasteiger partial charge on any atom is 0.407 e. The zero-order valence-corrected chi connectivity index (χ0v) is 19.7. The largest absolute Gasteiger partial charge is 0.450 e. The van der Waals surface area contributed by atoms with Gasteiger partial charge in [0.1, 0.15) is 0 Å². The van der Waals surface area contributed by atoms with Gasteiger partial charge in [0.15, 0.2) is 0 Å². The van der Waals surface area contributed by atoms with Gasteiger partial charge in [-0.3, -0.25) is 0 Å². The van der Waals surface area contributed by atoms with Gasteiger partial charge in [-0.05, 0) is 6.42 Å². The van der Waals surface area contributed by atoms with Crippen molar-refractivity contribution in [2.45, 2.75) is 135 Å². The predicted octanol–water partition coefficient (Wildman–Crippen LogP) is 7.49. The summed E-state index contributed by atoms with van der Waals surface area (Å²) in [6.45, 7) is 3.75. The Morgan fingerprint density at radius 3 is 1.31 bits per heavy atom. The molecule has 0 aliphatic carbocycles. The Bertz CT molecular complexity index is 324. The first-order chi connectivity index (χ1) is 14.3. The molecule has 3 N–H and O–H groups in total. The van der Waals surface area contributed by atoms with Crippen LogP contribution >= 0.6 is 0 Å². The molecule has 0 saturated heterocycles. The molecule has 4 heteroatoms. The molecule has 0 rings (SSSR count). The second-order valence-electron chi connectivity index (χ2n) is 8.57. The van der Waals surface area contributed by atoms with E-state index in [0.29, 0.717) is 19.7 Å². The molecular weight excluding hydrogens is 360 g/mol. The Hall–Kier alpha value is -0.770. The first-order valence-corrected chi connectivity index (χ1v) is 12.9. The van der Waals surface area contributed by atoms with E-state index in [1.807, 2.05) is 0 Å². The standard InChI is InChI=1S/C25H52N2O2/c1-2-3-4-5-6-7-8-9-10-11-12-13-14-15-16-17-18-19-20-21-24-29-25(28)27-23-22-26/h2-24,26H2,1H3,(H,27,28). The highest BCUT2D eigenvalue weighted by Gasteiger charge is 1.99. The number of carbonyl (C=O) groups is 1. The van der Waals surface area contributed by atoms with Gasteiger partial charge in [0, 0.05) is 13.1 Å². The normalized spacial score (nSPS) is 11.0. The van der Waals surface area contributed by atoms with Gasteiger partial charge in [0.05, 0.1) is 6.61 Å². The number of hydrogen-bond acceptors (Lipinski definition) is 3. The van der Waals surface area contributed by atoms with Crippen molar-refractivity contribution in [2.75, 3.05) is 19.7 Å². The minimum absolute atomic E-state index is 0.340. The Morgan fingerprint density at radius 1 is 0.621 bits per heavy atom. The van der Waals surface area contributed by atoms with Crippen LogP contribution in [-0.4, -0.2) is 25.8 Å². The minimum Gasteiger partial charge on any atom is -0.450 e. The second-order valence-corrected chi connectivity index (χ2v) is 8.57. The van der Waals surface area contributed by atoms with E-state index in [2.05, 4.69) is 12.2 Å². The summed E-state index contributed by atoms with van der Waals surface area (Å²) in [6, 6.07) is 0. The van der Waals surface area contributed by atoms with Gasteiger partial charge in [-0.25, -0.2) is 4.79 Å². The van der Waals surface area contributed by atoms with Crippen molar-refractivity contribution in [3.63, 3.8) is 0 Å². The highest BCUT2D eigenvalue weighted by atomic mass is 16.5. The molecular formula is C25H52N2O2. The average Bonchev–Trinajstić information content (AvgIpc) is 2.73. The van der Waals surface area contributed by atoms with E-state index < -0.39 is 0 Å². The molecule has 4 nitrogen and oxygen atoms in total. The van der Waals surface area contributed by atoms with E-state index in [4.69, 9.17) is 10.5 Å². The van der Waals surface area contributed by atoms with E-state index in [1.165, 1.54) is 116 Å². The fraction of sp³-hybridized carbons (Fsp3) is 0.960. The smallest absolute Gasteiger partial charge is 0.407 e. The third-order valence-electron chi connectivity index (χ3n) is 5.64. The van der Waals surface area contributed by atoms with Crippen LogP contribution in [0.2, 0.25) is 0 Å². The first kappa shape index (κ1) is 28.2. The molecule has 0 aromatic rings. The van der Waals surface area contributed by atoms with Crippen molar-refractivity contribution >= 4 is 6.09 Å². The van der Waals surface area contributed by atoms with Crippen LogP contribution in [0.4, 0.5) is 4.79 Å². The lowest BCUT2D eigenvalue weighted by atomic mass is 10.0. The van der Waals surface area contributed by atoms with E-state index in [-0.39, 0.29) is 6.09 Å². The summed E-state index contributed by atoms with van der Waals surface area (Å²) in [4.78, 5) is 11.2. The number of nitrogens with one attached hydrogen (secondary N) is 1. The Balaban J connectivity index is 3.04. The lowest BCUT2D eigenvalue weighted by molar-refractivity contribution is 0.144. The number of rotatable bonds is 23. The first-order valence-electron chi connectivity index (χ1n) is 12.9. The summed E-state index contributed by atoms with van der Waals surface area (Å²) in [6.07, 6.45) is 27.2. The summed E-state index contributed by atoms with van der Waals surface area (Å²) >= 11 is 0. The molecule has 0 saturated carbocycles. The molecule has 0 bridgehead atoms. The summed E-state index contributed by atoms with van der Waals surface area (Å²) in [5.41, 5.74) is 5.32. The quantitative estimate of drug-likeness (QED) is 0.171. The third kappa shape index (κ3) is 25.2. The molecule has 0 atom stereocenters. The fourth-order valence-electron chi connectivity index (χ4n) is 3.75. The molecule has 0 aromatic heterocycles. The number of nitrogens with two attached hydrogens (primary N) is 1. The Morgan fingerprint density at radius 2 is 0.966 bits per heavy atom. The second kappa shape index (κ2) is 25.3. The van der Waals surface area contributed by atoms with Crippen molar-refractivity contribution in [3.05, 3.63) is 0 Å². The van der Waals surface area contributed by atoms with Gasteiger partial charge < -0.3 is 15.8 Å². The van der Waals surface area contributed by atoms with Crippen molar-refractivity contribution in [1.29, 1.82) is 0 Å². The van der Waals surface area contributed by atoms with Crippen LogP contribution in [0.15, 0.2) is 0 Å². The van der Waals surface area contributed by atoms with E-state index in [9.17, 15) is 4.79 Å². The third-order valence-corrected chi connectivity index (χ3v) is 5.64. The Kier molecular flexibility index (Phi) is 24.6. The van der Waals surface area contributed by atoms with Crippen molar-refractivity contribution in [3.8, 4) is 0 Å². The van der Waals surface area contributed by atoms with Crippen LogP contribution < -0.4 is 11.1 Å². The molecule has 0 aromatic carbocycles. The molecule has 0 aliphatic heterocycles. The van der Waals surface area contributed by atoms with Crippen LogP contribution in [0.5, 0.6) is 0 Å². The highest BCUT2D eigenvalue weighted by molar-refractivity contribution is 5.66. The zero-order valence-electron chi connectivity index (χ0n) is 19.7. The maximum atomic E-state index is 11.2. The maximum absolute atomic E-state index is 11.2. The van der Waals surface area contributed by atoms with E-state index >= 15 is 0 Å².